The summed E-state index contributed by atoms with van der Waals surface area (Å²) in [5.74, 6) is -1.28. The van der Waals surface area contributed by atoms with E-state index in [1.807, 2.05) is 0 Å². The van der Waals surface area contributed by atoms with Crippen LogP contribution in [0, 0.1) is 11.6 Å². The predicted molar refractivity (Wildman–Crippen MR) is 47.8 cm³/mol. The lowest BCUT2D eigenvalue weighted by atomic mass is 10.1. The molecule has 0 amide bonds. The molecule has 1 saturated carbocycles. The number of anilines is 1. The molecule has 4 heteroatoms. The highest BCUT2D eigenvalue weighted by molar-refractivity contribution is 6.33. The van der Waals surface area contributed by atoms with Crippen molar-refractivity contribution in [3.8, 4) is 0 Å². The van der Waals surface area contributed by atoms with Crippen LogP contribution < -0.4 is 5.73 Å². The van der Waals surface area contributed by atoms with Crippen LogP contribution in [0.5, 0.6) is 0 Å². The van der Waals surface area contributed by atoms with E-state index >= 15 is 0 Å². The first-order chi connectivity index (χ1) is 6.11. The van der Waals surface area contributed by atoms with Crippen molar-refractivity contribution in [2.45, 2.75) is 18.8 Å². The predicted octanol–water partition coefficient (Wildman–Crippen LogP) is 3.08. The average Bonchev–Trinajstić information content (AvgIpc) is 2.84. The molecule has 1 aromatic rings. The molecular formula is C9H8ClF2N. The van der Waals surface area contributed by atoms with Crippen molar-refractivity contribution in [1.82, 2.24) is 0 Å². The van der Waals surface area contributed by atoms with Crippen LogP contribution in [0.4, 0.5) is 14.5 Å². The number of nitrogen functional groups attached to an aromatic ring is 1. The molecular weight excluding hydrogens is 196 g/mol. The first-order valence-electron chi connectivity index (χ1n) is 4.04. The quantitative estimate of drug-likeness (QED) is 0.551. The van der Waals surface area contributed by atoms with Crippen LogP contribution >= 0.6 is 11.6 Å². The highest BCUT2D eigenvalue weighted by atomic mass is 35.5. The Morgan fingerprint density at radius 1 is 1.38 bits per heavy atom. The van der Waals surface area contributed by atoms with E-state index in [-0.39, 0.29) is 22.2 Å². The highest BCUT2D eigenvalue weighted by Gasteiger charge is 2.31. The van der Waals surface area contributed by atoms with E-state index < -0.39 is 11.6 Å². The molecule has 0 aromatic heterocycles. The Hall–Kier alpha value is -0.830. The lowest BCUT2D eigenvalue weighted by Gasteiger charge is -2.06. The summed E-state index contributed by atoms with van der Waals surface area (Å²) in [6, 6.07) is 1.08. The first-order valence-corrected chi connectivity index (χ1v) is 4.42. The molecule has 2 rings (SSSR count). The monoisotopic (exact) mass is 203 g/mol. The SMILES string of the molecule is Nc1cc(F)c(C2CC2)c(F)c1Cl. The fourth-order valence-electron chi connectivity index (χ4n) is 1.37. The fraction of sp³-hybridized carbons (Fsp3) is 0.333. The zero-order valence-corrected chi connectivity index (χ0v) is 7.54. The molecule has 1 nitrogen and oxygen atoms in total. The molecule has 70 valence electrons. The molecule has 2 N–H and O–H groups in total. The van der Waals surface area contributed by atoms with Crippen LogP contribution in [0.2, 0.25) is 5.02 Å². The summed E-state index contributed by atoms with van der Waals surface area (Å²) in [5, 5.41) is -0.164. The smallest absolute Gasteiger partial charge is 0.150 e. The molecule has 0 heterocycles. The maximum absolute atomic E-state index is 13.4. The van der Waals surface area contributed by atoms with Gasteiger partial charge in [-0.1, -0.05) is 11.6 Å². The molecule has 0 bridgehead atoms. The van der Waals surface area contributed by atoms with Gasteiger partial charge in [0.05, 0.1) is 10.7 Å². The Morgan fingerprint density at radius 3 is 2.54 bits per heavy atom. The maximum Gasteiger partial charge on any atom is 0.150 e. The van der Waals surface area contributed by atoms with Gasteiger partial charge in [0, 0.05) is 5.56 Å². The Morgan fingerprint density at radius 2 is 2.00 bits per heavy atom. The van der Waals surface area contributed by atoms with E-state index in [4.69, 9.17) is 17.3 Å². The number of hydrogen-bond acceptors (Lipinski definition) is 1. The van der Waals surface area contributed by atoms with E-state index in [0.29, 0.717) is 0 Å². The Labute approximate surface area is 79.5 Å². The van der Waals surface area contributed by atoms with Gasteiger partial charge in [-0.15, -0.1) is 0 Å². The van der Waals surface area contributed by atoms with Gasteiger partial charge in [0.2, 0.25) is 0 Å². The third kappa shape index (κ3) is 1.37. The van der Waals surface area contributed by atoms with Crippen LogP contribution in [0.3, 0.4) is 0 Å². The van der Waals surface area contributed by atoms with Gasteiger partial charge in [0.1, 0.15) is 11.6 Å². The van der Waals surface area contributed by atoms with E-state index in [9.17, 15) is 8.78 Å². The number of halogens is 3. The van der Waals surface area contributed by atoms with E-state index in [0.717, 1.165) is 18.9 Å². The first kappa shape index (κ1) is 8.75. The lowest BCUT2D eigenvalue weighted by molar-refractivity contribution is 0.558. The van der Waals surface area contributed by atoms with Crippen molar-refractivity contribution in [1.29, 1.82) is 0 Å². The maximum atomic E-state index is 13.4. The van der Waals surface area contributed by atoms with Gasteiger partial charge in [-0.25, -0.2) is 8.78 Å². The van der Waals surface area contributed by atoms with Gasteiger partial charge in [-0.2, -0.15) is 0 Å². The van der Waals surface area contributed by atoms with Gasteiger partial charge >= 0.3 is 0 Å². The topological polar surface area (TPSA) is 26.0 Å². The molecule has 1 aliphatic rings. The van der Waals surface area contributed by atoms with Gasteiger partial charge in [0.25, 0.3) is 0 Å². The summed E-state index contributed by atoms with van der Waals surface area (Å²) in [5.41, 5.74) is 5.35. The zero-order valence-electron chi connectivity index (χ0n) is 6.78. The summed E-state index contributed by atoms with van der Waals surface area (Å²) in [6.45, 7) is 0. The third-order valence-electron chi connectivity index (χ3n) is 2.21. The van der Waals surface area contributed by atoms with E-state index in [1.165, 1.54) is 0 Å². The molecule has 0 aliphatic heterocycles. The zero-order chi connectivity index (χ0) is 9.59. The minimum absolute atomic E-state index is 0.00176. The lowest BCUT2D eigenvalue weighted by Crippen LogP contribution is -1.98. The standard InChI is InChI=1S/C9H8ClF2N/c10-8-6(13)3-5(11)7(9(8)12)4-1-2-4/h3-4H,1-2,13H2. The summed E-state index contributed by atoms with van der Waals surface area (Å²) in [4.78, 5) is 0. The second-order valence-corrected chi connectivity index (χ2v) is 3.64. The number of benzene rings is 1. The second-order valence-electron chi connectivity index (χ2n) is 3.26. The van der Waals surface area contributed by atoms with Crippen molar-refractivity contribution < 1.29 is 8.78 Å². The van der Waals surface area contributed by atoms with Crippen LogP contribution in [-0.4, -0.2) is 0 Å². The van der Waals surface area contributed by atoms with Crippen LogP contribution in [-0.2, 0) is 0 Å². The summed E-state index contributed by atoms with van der Waals surface area (Å²) < 4.78 is 26.6. The molecule has 1 fully saturated rings. The van der Waals surface area contributed by atoms with E-state index in [2.05, 4.69) is 0 Å². The summed E-state index contributed by atoms with van der Waals surface area (Å²) >= 11 is 5.56. The number of rotatable bonds is 1. The Kier molecular flexibility index (Phi) is 1.91. The van der Waals surface area contributed by atoms with Crippen molar-refractivity contribution in [3.63, 3.8) is 0 Å². The van der Waals surface area contributed by atoms with Crippen molar-refractivity contribution in [2.75, 3.05) is 5.73 Å². The molecule has 13 heavy (non-hydrogen) atoms. The second kappa shape index (κ2) is 2.84. The largest absolute Gasteiger partial charge is 0.397 e. The molecule has 0 unspecified atom stereocenters. The minimum atomic E-state index is -0.693. The molecule has 0 spiro atoms. The van der Waals surface area contributed by atoms with Gasteiger partial charge in [-0.3, -0.25) is 0 Å². The molecule has 0 atom stereocenters. The van der Waals surface area contributed by atoms with Crippen molar-refractivity contribution >= 4 is 17.3 Å². The Balaban J connectivity index is 2.60. The van der Waals surface area contributed by atoms with Crippen molar-refractivity contribution in [3.05, 3.63) is 28.3 Å². The average molecular weight is 204 g/mol. The fourth-order valence-corrected chi connectivity index (χ4v) is 1.53. The van der Waals surface area contributed by atoms with Crippen LogP contribution in [0.15, 0.2) is 6.07 Å². The number of hydrogen-bond donors (Lipinski definition) is 1. The molecule has 0 saturated heterocycles. The van der Waals surface area contributed by atoms with Crippen LogP contribution in [0.1, 0.15) is 24.3 Å². The van der Waals surface area contributed by atoms with Crippen LogP contribution in [0.25, 0.3) is 0 Å². The Bertz CT molecular complexity index is 361. The third-order valence-corrected chi connectivity index (χ3v) is 2.59. The normalized spacial score (nSPS) is 16.2. The van der Waals surface area contributed by atoms with Gasteiger partial charge in [-0.05, 0) is 24.8 Å². The van der Waals surface area contributed by atoms with Crippen molar-refractivity contribution in [2.24, 2.45) is 0 Å². The number of nitrogens with two attached hydrogens (primary N) is 1. The summed E-state index contributed by atoms with van der Waals surface area (Å²) in [6.07, 6.45) is 1.65. The molecule has 0 radical (unpaired) electrons. The molecule has 1 aromatic carbocycles. The van der Waals surface area contributed by atoms with E-state index in [1.54, 1.807) is 0 Å². The molecule has 1 aliphatic carbocycles. The van der Waals surface area contributed by atoms with Gasteiger partial charge in [0.15, 0.2) is 0 Å². The summed E-state index contributed by atoms with van der Waals surface area (Å²) in [7, 11) is 0. The minimum Gasteiger partial charge on any atom is -0.397 e. The van der Waals surface area contributed by atoms with Gasteiger partial charge < -0.3 is 5.73 Å². The highest BCUT2D eigenvalue weighted by Crippen LogP contribution is 2.44.